The monoisotopic (exact) mass is 459 g/mol. The molecule has 0 aliphatic carbocycles. The molecule has 1 aliphatic rings. The van der Waals surface area contributed by atoms with Crippen LogP contribution < -0.4 is 15.4 Å². The van der Waals surface area contributed by atoms with Crippen molar-refractivity contribution >= 4 is 35.1 Å². The Labute approximate surface area is 189 Å². The molecule has 10 heteroatoms. The number of nitrogens with one attached hydrogen (secondary N) is 2. The first-order valence-electron chi connectivity index (χ1n) is 9.93. The van der Waals surface area contributed by atoms with E-state index in [-0.39, 0.29) is 43.4 Å². The molecule has 168 valence electrons. The molecule has 3 rings (SSSR count). The fraction of sp³-hybridized carbons (Fsp3) is 0.273. The summed E-state index contributed by atoms with van der Waals surface area (Å²) in [5.41, 5.74) is -0.175. The highest BCUT2D eigenvalue weighted by Gasteiger charge is 2.34. The fourth-order valence-corrected chi connectivity index (χ4v) is 3.40. The van der Waals surface area contributed by atoms with Gasteiger partial charge in [0.05, 0.1) is 12.0 Å². The van der Waals surface area contributed by atoms with Gasteiger partial charge in [-0.1, -0.05) is 30.3 Å². The predicted octanol–water partition coefficient (Wildman–Crippen LogP) is 1.65. The van der Waals surface area contributed by atoms with Crippen molar-refractivity contribution in [3.05, 3.63) is 66.0 Å². The largest absolute Gasteiger partial charge is 0.490 e. The highest BCUT2D eigenvalue weighted by atomic mass is 32.1. The Morgan fingerprint density at radius 1 is 1.12 bits per heavy atom. The van der Waals surface area contributed by atoms with E-state index >= 15 is 0 Å². The average molecular weight is 459 g/mol. The second-order valence-electron chi connectivity index (χ2n) is 6.83. The number of esters is 1. The van der Waals surface area contributed by atoms with Crippen LogP contribution in [0, 0.1) is 5.82 Å². The molecule has 1 heterocycles. The Morgan fingerprint density at radius 3 is 2.59 bits per heavy atom. The number of piperazine rings is 1. The molecule has 2 aromatic rings. The predicted molar refractivity (Wildman–Crippen MR) is 117 cm³/mol. The van der Waals surface area contributed by atoms with Crippen molar-refractivity contribution in [2.24, 2.45) is 0 Å². The van der Waals surface area contributed by atoms with Crippen molar-refractivity contribution in [3.8, 4) is 5.75 Å². The molecule has 1 aliphatic heterocycles. The van der Waals surface area contributed by atoms with Gasteiger partial charge >= 0.3 is 5.97 Å². The molecule has 2 amide bonds. The molecule has 0 saturated carbocycles. The van der Waals surface area contributed by atoms with Gasteiger partial charge in [0.15, 0.2) is 5.11 Å². The lowest BCUT2D eigenvalue weighted by Gasteiger charge is -2.36. The number of hydrogen-bond donors (Lipinski definition) is 2. The van der Waals surface area contributed by atoms with Crippen LogP contribution in [0.2, 0.25) is 0 Å². The van der Waals surface area contributed by atoms with Crippen molar-refractivity contribution in [1.29, 1.82) is 0 Å². The molecule has 1 fully saturated rings. The number of para-hydroxylation sites is 1. The minimum atomic E-state index is -0.959. The standard InChI is InChI=1S/C22H22FN3O5S/c23-17-9-5-4-8-16(17)20(28)25-22(32)26-11-10-24-21(29)18(26)14-19(27)31-13-12-30-15-6-2-1-3-7-15/h1-9,18H,10-14H2,(H,24,29)(H,25,28,32). The molecule has 0 spiro atoms. The molecule has 2 aromatic carbocycles. The van der Waals surface area contributed by atoms with Crippen LogP contribution in [-0.4, -0.2) is 60.1 Å². The Hall–Kier alpha value is -3.53. The Balaban J connectivity index is 1.53. The van der Waals surface area contributed by atoms with E-state index in [1.54, 1.807) is 12.1 Å². The molecule has 8 nitrogen and oxygen atoms in total. The van der Waals surface area contributed by atoms with Crippen LogP contribution >= 0.6 is 12.2 Å². The van der Waals surface area contributed by atoms with Crippen molar-refractivity contribution in [3.63, 3.8) is 0 Å². The molecule has 1 saturated heterocycles. The van der Waals surface area contributed by atoms with E-state index in [4.69, 9.17) is 21.7 Å². The quantitative estimate of drug-likeness (QED) is 0.369. The van der Waals surface area contributed by atoms with Gasteiger partial charge in [-0.15, -0.1) is 0 Å². The van der Waals surface area contributed by atoms with Crippen LogP contribution in [0.5, 0.6) is 5.75 Å². The highest BCUT2D eigenvalue weighted by molar-refractivity contribution is 7.80. The zero-order chi connectivity index (χ0) is 22.9. The lowest BCUT2D eigenvalue weighted by molar-refractivity contribution is -0.148. The number of nitrogens with zero attached hydrogens (tertiary/aromatic N) is 1. The topological polar surface area (TPSA) is 97.0 Å². The highest BCUT2D eigenvalue weighted by Crippen LogP contribution is 2.13. The van der Waals surface area contributed by atoms with Crippen LogP contribution in [0.1, 0.15) is 16.8 Å². The van der Waals surface area contributed by atoms with Gasteiger partial charge in [0, 0.05) is 13.1 Å². The van der Waals surface area contributed by atoms with Gasteiger partial charge in [0.2, 0.25) is 5.91 Å². The molecular formula is C22H22FN3O5S. The SMILES string of the molecule is O=C(CC1C(=O)NCCN1C(=S)NC(=O)c1ccccc1F)OCCOc1ccccc1. The maximum atomic E-state index is 13.8. The van der Waals surface area contributed by atoms with Gasteiger partial charge in [0.1, 0.15) is 30.8 Å². The maximum Gasteiger partial charge on any atom is 0.308 e. The van der Waals surface area contributed by atoms with Crippen molar-refractivity contribution < 1.29 is 28.2 Å². The smallest absolute Gasteiger partial charge is 0.308 e. The number of thiocarbonyl (C=S) groups is 1. The van der Waals surface area contributed by atoms with Gasteiger partial charge < -0.3 is 19.7 Å². The second-order valence-corrected chi connectivity index (χ2v) is 7.21. The number of carbonyl (C=O) groups is 3. The summed E-state index contributed by atoms with van der Waals surface area (Å²) in [6, 6.07) is 13.6. The summed E-state index contributed by atoms with van der Waals surface area (Å²) in [6.07, 6.45) is -0.271. The molecule has 0 radical (unpaired) electrons. The van der Waals surface area contributed by atoms with E-state index in [2.05, 4.69) is 10.6 Å². The lowest BCUT2D eigenvalue weighted by atomic mass is 10.1. The minimum absolute atomic E-state index is 0.0104. The summed E-state index contributed by atoms with van der Waals surface area (Å²) in [4.78, 5) is 38.4. The van der Waals surface area contributed by atoms with Gasteiger partial charge in [-0.25, -0.2) is 4.39 Å². The number of hydrogen-bond acceptors (Lipinski definition) is 6. The average Bonchev–Trinajstić information content (AvgIpc) is 2.79. The molecular weight excluding hydrogens is 437 g/mol. The third-order valence-electron chi connectivity index (χ3n) is 4.65. The zero-order valence-corrected chi connectivity index (χ0v) is 17.9. The van der Waals surface area contributed by atoms with E-state index in [1.165, 1.54) is 23.1 Å². The fourth-order valence-electron chi connectivity index (χ4n) is 3.09. The van der Waals surface area contributed by atoms with Crippen molar-refractivity contribution in [1.82, 2.24) is 15.5 Å². The van der Waals surface area contributed by atoms with E-state index in [0.717, 1.165) is 6.07 Å². The van der Waals surface area contributed by atoms with Crippen LogP contribution in [0.4, 0.5) is 4.39 Å². The Bertz CT molecular complexity index is 989. The summed E-state index contributed by atoms with van der Waals surface area (Å²) in [6.45, 7) is 0.728. The van der Waals surface area contributed by atoms with E-state index in [0.29, 0.717) is 5.75 Å². The van der Waals surface area contributed by atoms with E-state index in [9.17, 15) is 18.8 Å². The van der Waals surface area contributed by atoms with Crippen LogP contribution in [-0.2, 0) is 14.3 Å². The molecule has 32 heavy (non-hydrogen) atoms. The van der Waals surface area contributed by atoms with E-state index in [1.807, 2.05) is 18.2 Å². The summed E-state index contributed by atoms with van der Waals surface area (Å²) in [5, 5.41) is 5.02. The van der Waals surface area contributed by atoms with Crippen LogP contribution in [0.25, 0.3) is 0 Å². The Kier molecular flexibility index (Phi) is 8.09. The number of halogens is 1. The summed E-state index contributed by atoms with van der Waals surface area (Å²) < 4.78 is 24.5. The summed E-state index contributed by atoms with van der Waals surface area (Å²) in [5.74, 6) is -1.81. The number of benzene rings is 2. The molecule has 0 bridgehead atoms. The van der Waals surface area contributed by atoms with Gasteiger partial charge in [0.25, 0.3) is 5.91 Å². The minimum Gasteiger partial charge on any atom is -0.490 e. The second kappa shape index (κ2) is 11.2. The van der Waals surface area contributed by atoms with Gasteiger partial charge in [-0.2, -0.15) is 0 Å². The van der Waals surface area contributed by atoms with Crippen LogP contribution in [0.15, 0.2) is 54.6 Å². The van der Waals surface area contributed by atoms with Crippen molar-refractivity contribution in [2.75, 3.05) is 26.3 Å². The van der Waals surface area contributed by atoms with Gasteiger partial charge in [-0.05, 0) is 36.5 Å². The number of carbonyl (C=O) groups excluding carboxylic acids is 3. The summed E-state index contributed by atoms with van der Waals surface area (Å²) in [7, 11) is 0. The third-order valence-corrected chi connectivity index (χ3v) is 4.99. The first-order valence-corrected chi connectivity index (χ1v) is 10.3. The first kappa shape index (κ1) is 23.1. The summed E-state index contributed by atoms with van der Waals surface area (Å²) >= 11 is 5.26. The molecule has 1 unspecified atom stereocenters. The number of rotatable bonds is 7. The molecule has 2 N–H and O–H groups in total. The zero-order valence-electron chi connectivity index (χ0n) is 17.1. The normalized spacial score (nSPS) is 15.5. The first-order chi connectivity index (χ1) is 15.5. The van der Waals surface area contributed by atoms with Gasteiger partial charge in [-0.3, -0.25) is 19.7 Å². The molecule has 0 aromatic heterocycles. The maximum absolute atomic E-state index is 13.8. The van der Waals surface area contributed by atoms with E-state index < -0.39 is 29.6 Å². The van der Waals surface area contributed by atoms with Crippen LogP contribution in [0.3, 0.4) is 0 Å². The third kappa shape index (κ3) is 6.24. The number of amides is 2. The number of ether oxygens (including phenoxy) is 2. The molecule has 1 atom stereocenters. The lowest BCUT2D eigenvalue weighted by Crippen LogP contribution is -2.60. The van der Waals surface area contributed by atoms with Crippen molar-refractivity contribution in [2.45, 2.75) is 12.5 Å². The Morgan fingerprint density at radius 2 is 1.84 bits per heavy atom.